The quantitative estimate of drug-likeness (QED) is 0.884. The van der Waals surface area contributed by atoms with Crippen LogP contribution in [0.4, 0.5) is 0 Å². The summed E-state index contributed by atoms with van der Waals surface area (Å²) in [4.78, 5) is 11.8. The third kappa shape index (κ3) is 3.44. The Morgan fingerprint density at radius 1 is 1.45 bits per heavy atom. The molecule has 1 fully saturated rings. The summed E-state index contributed by atoms with van der Waals surface area (Å²) in [5.74, 6) is 1.16. The highest BCUT2D eigenvalue weighted by molar-refractivity contribution is 5.85. The zero-order valence-corrected chi connectivity index (χ0v) is 12.3. The monoisotopic (exact) mass is 296 g/mol. The summed E-state index contributed by atoms with van der Waals surface area (Å²) in [5, 5.41) is 6.22. The number of fused-ring (bicyclic) bond motifs is 1. The molecule has 1 aromatic rings. The van der Waals surface area contributed by atoms with Gasteiger partial charge in [0.25, 0.3) is 0 Å². The average Bonchev–Trinajstić information content (AvgIpc) is 3.09. The summed E-state index contributed by atoms with van der Waals surface area (Å²) in [6, 6.07) is 6.35. The maximum Gasteiger partial charge on any atom is 0.237 e. The molecule has 20 heavy (non-hydrogen) atoms. The third-order valence-electron chi connectivity index (χ3n) is 3.84. The summed E-state index contributed by atoms with van der Waals surface area (Å²) in [6.45, 7) is 2.46. The second-order valence-electron chi connectivity index (χ2n) is 5.23. The molecule has 110 valence electrons. The molecule has 2 N–H and O–H groups in total. The van der Waals surface area contributed by atoms with Gasteiger partial charge < -0.3 is 15.4 Å². The first-order valence-corrected chi connectivity index (χ1v) is 7.08. The number of rotatable bonds is 4. The van der Waals surface area contributed by atoms with E-state index in [0.717, 1.165) is 44.6 Å². The third-order valence-corrected chi connectivity index (χ3v) is 3.84. The maximum atomic E-state index is 11.8. The molecular formula is C15H21ClN2O2. The fraction of sp³-hybridized carbons (Fsp3) is 0.533. The van der Waals surface area contributed by atoms with E-state index in [4.69, 9.17) is 4.74 Å². The molecule has 0 radical (unpaired) electrons. The van der Waals surface area contributed by atoms with Crippen LogP contribution in [-0.2, 0) is 17.6 Å². The van der Waals surface area contributed by atoms with Gasteiger partial charge in [-0.3, -0.25) is 4.79 Å². The van der Waals surface area contributed by atoms with E-state index in [-0.39, 0.29) is 24.4 Å². The molecular weight excluding hydrogens is 276 g/mol. The van der Waals surface area contributed by atoms with Crippen molar-refractivity contribution in [2.45, 2.75) is 31.7 Å². The Kier molecular flexibility index (Phi) is 5.26. The maximum absolute atomic E-state index is 11.8. The summed E-state index contributed by atoms with van der Waals surface area (Å²) in [7, 11) is 0. The van der Waals surface area contributed by atoms with Crippen molar-refractivity contribution in [2.24, 2.45) is 0 Å². The van der Waals surface area contributed by atoms with Gasteiger partial charge in [-0.05, 0) is 43.0 Å². The van der Waals surface area contributed by atoms with Gasteiger partial charge in [-0.25, -0.2) is 0 Å². The summed E-state index contributed by atoms with van der Waals surface area (Å²) in [5.41, 5.74) is 2.56. The molecule has 0 aromatic heterocycles. The van der Waals surface area contributed by atoms with Crippen molar-refractivity contribution < 1.29 is 9.53 Å². The van der Waals surface area contributed by atoms with E-state index in [0.29, 0.717) is 6.54 Å². The molecule has 2 heterocycles. The minimum atomic E-state index is 0. The van der Waals surface area contributed by atoms with Crippen LogP contribution in [-0.4, -0.2) is 31.6 Å². The molecule has 5 heteroatoms. The van der Waals surface area contributed by atoms with Gasteiger partial charge in [0.15, 0.2) is 0 Å². The first kappa shape index (κ1) is 15.1. The van der Waals surface area contributed by atoms with Crippen LogP contribution in [0.5, 0.6) is 5.75 Å². The van der Waals surface area contributed by atoms with Crippen LogP contribution >= 0.6 is 12.4 Å². The van der Waals surface area contributed by atoms with Gasteiger partial charge in [0.2, 0.25) is 5.91 Å². The second kappa shape index (κ2) is 6.95. The van der Waals surface area contributed by atoms with Gasteiger partial charge in [-0.2, -0.15) is 0 Å². The van der Waals surface area contributed by atoms with Crippen molar-refractivity contribution in [3.63, 3.8) is 0 Å². The van der Waals surface area contributed by atoms with E-state index in [9.17, 15) is 4.79 Å². The van der Waals surface area contributed by atoms with Gasteiger partial charge in [-0.15, -0.1) is 12.4 Å². The van der Waals surface area contributed by atoms with Gasteiger partial charge >= 0.3 is 0 Å². The topological polar surface area (TPSA) is 50.4 Å². The van der Waals surface area contributed by atoms with Crippen LogP contribution in [0.1, 0.15) is 24.0 Å². The lowest BCUT2D eigenvalue weighted by Crippen LogP contribution is -2.41. The van der Waals surface area contributed by atoms with Crippen molar-refractivity contribution >= 4 is 18.3 Å². The predicted octanol–water partition coefficient (Wildman–Crippen LogP) is 1.45. The molecule has 2 aliphatic heterocycles. The van der Waals surface area contributed by atoms with Gasteiger partial charge in [-0.1, -0.05) is 12.1 Å². The Morgan fingerprint density at radius 3 is 3.15 bits per heavy atom. The zero-order chi connectivity index (χ0) is 13.1. The van der Waals surface area contributed by atoms with Crippen LogP contribution in [0.3, 0.4) is 0 Å². The lowest BCUT2D eigenvalue weighted by molar-refractivity contribution is -0.122. The van der Waals surface area contributed by atoms with E-state index in [1.165, 1.54) is 11.1 Å². The SMILES string of the molecule is Cl.O=C(NCCc1ccc2c(c1)CCO2)C1CCCN1. The van der Waals surface area contributed by atoms with Gasteiger partial charge in [0.1, 0.15) is 5.75 Å². The minimum Gasteiger partial charge on any atom is -0.493 e. The predicted molar refractivity (Wildman–Crippen MR) is 80.6 cm³/mol. The molecule has 0 saturated carbocycles. The van der Waals surface area contributed by atoms with Gasteiger partial charge in [0.05, 0.1) is 12.6 Å². The molecule has 3 rings (SSSR count). The highest BCUT2D eigenvalue weighted by Crippen LogP contribution is 2.25. The van der Waals surface area contributed by atoms with Crippen molar-refractivity contribution in [1.29, 1.82) is 0 Å². The Bertz CT molecular complexity index is 473. The van der Waals surface area contributed by atoms with Crippen LogP contribution in [0.25, 0.3) is 0 Å². The Hall–Kier alpha value is -1.26. The summed E-state index contributed by atoms with van der Waals surface area (Å²) in [6.07, 6.45) is 3.94. The van der Waals surface area contributed by atoms with E-state index in [2.05, 4.69) is 22.8 Å². The van der Waals surface area contributed by atoms with Crippen molar-refractivity contribution in [1.82, 2.24) is 10.6 Å². The number of carbonyl (C=O) groups excluding carboxylic acids is 1. The Labute approximate surface area is 125 Å². The van der Waals surface area contributed by atoms with E-state index in [1.807, 2.05) is 6.07 Å². The first-order valence-electron chi connectivity index (χ1n) is 7.08. The number of nitrogens with one attached hydrogen (secondary N) is 2. The molecule has 0 bridgehead atoms. The zero-order valence-electron chi connectivity index (χ0n) is 11.5. The molecule has 4 nitrogen and oxygen atoms in total. The van der Waals surface area contributed by atoms with Crippen molar-refractivity contribution in [3.05, 3.63) is 29.3 Å². The number of halogens is 1. The Balaban J connectivity index is 0.00000147. The number of carbonyl (C=O) groups is 1. The molecule has 0 aliphatic carbocycles. The van der Waals surface area contributed by atoms with E-state index in [1.54, 1.807) is 0 Å². The number of hydrogen-bond acceptors (Lipinski definition) is 3. The first-order chi connectivity index (χ1) is 9.33. The Morgan fingerprint density at radius 2 is 2.35 bits per heavy atom. The largest absolute Gasteiger partial charge is 0.493 e. The normalized spacial score (nSPS) is 19.9. The highest BCUT2D eigenvalue weighted by Gasteiger charge is 2.21. The lowest BCUT2D eigenvalue weighted by atomic mass is 10.1. The number of amides is 1. The number of ether oxygens (including phenoxy) is 1. The summed E-state index contributed by atoms with van der Waals surface area (Å²) >= 11 is 0. The fourth-order valence-electron chi connectivity index (χ4n) is 2.76. The van der Waals surface area contributed by atoms with E-state index < -0.39 is 0 Å². The van der Waals surface area contributed by atoms with Crippen LogP contribution < -0.4 is 15.4 Å². The molecule has 1 unspecified atom stereocenters. The van der Waals surface area contributed by atoms with Crippen LogP contribution in [0.15, 0.2) is 18.2 Å². The average molecular weight is 297 g/mol. The highest BCUT2D eigenvalue weighted by atomic mass is 35.5. The molecule has 1 atom stereocenters. The van der Waals surface area contributed by atoms with Crippen LogP contribution in [0, 0.1) is 0 Å². The number of hydrogen-bond donors (Lipinski definition) is 2. The molecule has 1 amide bonds. The molecule has 1 saturated heterocycles. The van der Waals surface area contributed by atoms with Crippen molar-refractivity contribution in [2.75, 3.05) is 19.7 Å². The smallest absolute Gasteiger partial charge is 0.237 e. The molecule has 1 aromatic carbocycles. The van der Waals surface area contributed by atoms with E-state index >= 15 is 0 Å². The van der Waals surface area contributed by atoms with Gasteiger partial charge in [0, 0.05) is 13.0 Å². The lowest BCUT2D eigenvalue weighted by Gasteiger charge is -2.11. The molecule has 2 aliphatic rings. The standard InChI is InChI=1S/C15H20N2O2.ClH/c18-15(13-2-1-7-16-13)17-8-5-11-3-4-14-12(10-11)6-9-19-14;/h3-4,10,13,16H,1-2,5-9H2,(H,17,18);1H. The molecule has 0 spiro atoms. The fourth-order valence-corrected chi connectivity index (χ4v) is 2.76. The summed E-state index contributed by atoms with van der Waals surface area (Å²) < 4.78 is 5.49. The number of benzene rings is 1. The van der Waals surface area contributed by atoms with Crippen LogP contribution in [0.2, 0.25) is 0 Å². The van der Waals surface area contributed by atoms with Crippen molar-refractivity contribution in [3.8, 4) is 5.75 Å². The minimum absolute atomic E-state index is 0. The second-order valence-corrected chi connectivity index (χ2v) is 5.23.